The van der Waals surface area contributed by atoms with Gasteiger partial charge in [0.1, 0.15) is 5.75 Å². The van der Waals surface area contributed by atoms with E-state index in [2.05, 4.69) is 4.90 Å². The van der Waals surface area contributed by atoms with Gasteiger partial charge in [0, 0.05) is 18.7 Å². The minimum atomic E-state index is -0.426. The molecule has 1 aromatic rings. The summed E-state index contributed by atoms with van der Waals surface area (Å²) >= 11 is 0. The standard InChI is InChI=1S/C13H18N2O2/c1-13(12(14)17)6-7-15(9-13)8-10-4-2-3-5-11(10)16/h2-5,16H,6-9H2,1H3,(H2,14,17). The number of nitrogens with zero attached hydrogens (tertiary/aromatic N) is 1. The molecule has 1 unspecified atom stereocenters. The fraction of sp³-hybridized carbons (Fsp3) is 0.462. The molecule has 2 rings (SSSR count). The van der Waals surface area contributed by atoms with Crippen LogP contribution in [0.25, 0.3) is 0 Å². The van der Waals surface area contributed by atoms with Crippen LogP contribution in [0.15, 0.2) is 24.3 Å². The van der Waals surface area contributed by atoms with Gasteiger partial charge in [-0.05, 0) is 26.0 Å². The van der Waals surface area contributed by atoms with E-state index in [0.717, 1.165) is 18.5 Å². The van der Waals surface area contributed by atoms with Crippen LogP contribution in [-0.2, 0) is 11.3 Å². The number of nitrogens with two attached hydrogens (primary N) is 1. The van der Waals surface area contributed by atoms with Gasteiger partial charge >= 0.3 is 0 Å². The Labute approximate surface area is 101 Å². The van der Waals surface area contributed by atoms with E-state index in [4.69, 9.17) is 5.73 Å². The molecule has 0 saturated carbocycles. The van der Waals surface area contributed by atoms with Crippen LogP contribution in [0.1, 0.15) is 18.9 Å². The maximum absolute atomic E-state index is 11.3. The summed E-state index contributed by atoms with van der Waals surface area (Å²) in [6.07, 6.45) is 0.788. The second-order valence-corrected chi connectivity index (χ2v) is 5.01. The molecule has 17 heavy (non-hydrogen) atoms. The van der Waals surface area contributed by atoms with Gasteiger partial charge in [-0.1, -0.05) is 18.2 Å². The summed E-state index contributed by atoms with van der Waals surface area (Å²) in [5.74, 6) is 0.0671. The molecule has 0 aliphatic carbocycles. The normalized spacial score (nSPS) is 25.0. The van der Waals surface area contributed by atoms with Crippen LogP contribution in [0, 0.1) is 5.41 Å². The molecule has 1 saturated heterocycles. The van der Waals surface area contributed by atoms with Gasteiger partial charge in [0.05, 0.1) is 5.41 Å². The number of likely N-dealkylation sites (tertiary alicyclic amines) is 1. The summed E-state index contributed by atoms with van der Waals surface area (Å²) < 4.78 is 0. The lowest BCUT2D eigenvalue weighted by Gasteiger charge is -2.21. The molecule has 92 valence electrons. The summed E-state index contributed by atoms with van der Waals surface area (Å²) in [5, 5.41) is 9.69. The zero-order chi connectivity index (χ0) is 12.5. The van der Waals surface area contributed by atoms with Crippen LogP contribution < -0.4 is 5.73 Å². The fourth-order valence-corrected chi connectivity index (χ4v) is 2.28. The lowest BCUT2D eigenvalue weighted by Crippen LogP contribution is -2.36. The van der Waals surface area contributed by atoms with E-state index in [1.807, 2.05) is 19.1 Å². The average Bonchev–Trinajstić information content (AvgIpc) is 2.65. The Morgan fingerprint density at radius 1 is 1.53 bits per heavy atom. The largest absolute Gasteiger partial charge is 0.508 e. The maximum Gasteiger partial charge on any atom is 0.224 e. The van der Waals surface area contributed by atoms with E-state index in [9.17, 15) is 9.90 Å². The average molecular weight is 234 g/mol. The van der Waals surface area contributed by atoms with Crippen LogP contribution in [0.4, 0.5) is 0 Å². The molecule has 0 spiro atoms. The summed E-state index contributed by atoms with van der Waals surface area (Å²) in [6.45, 7) is 4.07. The highest BCUT2D eigenvalue weighted by molar-refractivity contribution is 5.81. The number of amides is 1. The maximum atomic E-state index is 11.3. The quantitative estimate of drug-likeness (QED) is 0.822. The highest BCUT2D eigenvalue weighted by atomic mass is 16.3. The van der Waals surface area contributed by atoms with Crippen LogP contribution in [0.2, 0.25) is 0 Å². The summed E-state index contributed by atoms with van der Waals surface area (Å²) in [5.41, 5.74) is 5.87. The summed E-state index contributed by atoms with van der Waals surface area (Å²) in [6, 6.07) is 7.28. The van der Waals surface area contributed by atoms with Crippen molar-refractivity contribution in [3.8, 4) is 5.75 Å². The number of phenols is 1. The van der Waals surface area contributed by atoms with Gasteiger partial charge in [0.25, 0.3) is 0 Å². The van der Waals surface area contributed by atoms with E-state index in [-0.39, 0.29) is 5.91 Å². The zero-order valence-corrected chi connectivity index (χ0v) is 10.0. The molecule has 0 bridgehead atoms. The van der Waals surface area contributed by atoms with Crippen molar-refractivity contribution < 1.29 is 9.90 Å². The number of carbonyl (C=O) groups excluding carboxylic acids is 1. The first-order chi connectivity index (χ1) is 8.01. The van der Waals surface area contributed by atoms with Gasteiger partial charge < -0.3 is 10.8 Å². The summed E-state index contributed by atoms with van der Waals surface area (Å²) in [7, 11) is 0. The molecule has 4 heteroatoms. The first-order valence-electron chi connectivity index (χ1n) is 5.80. The second kappa shape index (κ2) is 4.37. The molecule has 1 aliphatic heterocycles. The molecule has 0 aromatic heterocycles. The molecule has 1 fully saturated rings. The molecule has 4 nitrogen and oxygen atoms in total. The number of phenolic OH excluding ortho intramolecular Hbond substituents is 1. The molecule has 1 aliphatic rings. The van der Waals surface area contributed by atoms with Gasteiger partial charge in [-0.25, -0.2) is 0 Å². The molecule has 1 heterocycles. The van der Waals surface area contributed by atoms with Gasteiger partial charge in [0.15, 0.2) is 0 Å². The number of benzene rings is 1. The topological polar surface area (TPSA) is 66.6 Å². The van der Waals surface area contributed by atoms with Crippen LogP contribution in [0.5, 0.6) is 5.75 Å². The predicted molar refractivity (Wildman–Crippen MR) is 65.3 cm³/mol. The van der Waals surface area contributed by atoms with Crippen molar-refractivity contribution >= 4 is 5.91 Å². The molecule has 3 N–H and O–H groups in total. The third kappa shape index (κ3) is 2.42. The Kier molecular flexibility index (Phi) is 3.07. The van der Waals surface area contributed by atoms with Crippen molar-refractivity contribution in [2.24, 2.45) is 11.1 Å². The van der Waals surface area contributed by atoms with Crippen LogP contribution >= 0.6 is 0 Å². The number of rotatable bonds is 3. The van der Waals surface area contributed by atoms with Gasteiger partial charge in [-0.15, -0.1) is 0 Å². The monoisotopic (exact) mass is 234 g/mol. The number of hydrogen-bond acceptors (Lipinski definition) is 3. The first-order valence-corrected chi connectivity index (χ1v) is 5.80. The minimum absolute atomic E-state index is 0.239. The Morgan fingerprint density at radius 2 is 2.24 bits per heavy atom. The Balaban J connectivity index is 2.04. The Bertz CT molecular complexity index is 433. The van der Waals surface area contributed by atoms with Gasteiger partial charge in [-0.2, -0.15) is 0 Å². The molecule has 1 atom stereocenters. The third-order valence-electron chi connectivity index (χ3n) is 3.53. The predicted octanol–water partition coefficient (Wildman–Crippen LogP) is 1.09. The molecular formula is C13H18N2O2. The van der Waals surface area contributed by atoms with Gasteiger partial charge in [-0.3, -0.25) is 9.69 Å². The highest BCUT2D eigenvalue weighted by Crippen LogP contribution is 2.31. The SMILES string of the molecule is CC1(C(N)=O)CCN(Cc2ccccc2O)C1. The number of aromatic hydroxyl groups is 1. The van der Waals surface area contributed by atoms with Gasteiger partial charge in [0.2, 0.25) is 5.91 Å². The smallest absolute Gasteiger partial charge is 0.224 e. The third-order valence-corrected chi connectivity index (χ3v) is 3.53. The molecular weight excluding hydrogens is 216 g/mol. The van der Waals surface area contributed by atoms with E-state index in [0.29, 0.717) is 18.8 Å². The van der Waals surface area contributed by atoms with E-state index in [1.165, 1.54) is 0 Å². The van der Waals surface area contributed by atoms with E-state index >= 15 is 0 Å². The van der Waals surface area contributed by atoms with Crippen molar-refractivity contribution in [3.05, 3.63) is 29.8 Å². The lowest BCUT2D eigenvalue weighted by atomic mass is 9.89. The van der Waals surface area contributed by atoms with Crippen LogP contribution in [0.3, 0.4) is 0 Å². The van der Waals surface area contributed by atoms with Crippen molar-refractivity contribution in [2.75, 3.05) is 13.1 Å². The first kappa shape index (κ1) is 11.9. The minimum Gasteiger partial charge on any atom is -0.508 e. The van der Waals surface area contributed by atoms with E-state index < -0.39 is 5.41 Å². The lowest BCUT2D eigenvalue weighted by molar-refractivity contribution is -0.126. The van der Waals surface area contributed by atoms with Crippen molar-refractivity contribution in [2.45, 2.75) is 19.9 Å². The van der Waals surface area contributed by atoms with Crippen molar-refractivity contribution in [1.29, 1.82) is 0 Å². The molecule has 0 radical (unpaired) electrons. The molecule has 1 amide bonds. The van der Waals surface area contributed by atoms with E-state index in [1.54, 1.807) is 12.1 Å². The Hall–Kier alpha value is -1.55. The zero-order valence-electron chi connectivity index (χ0n) is 10.0. The number of carbonyl (C=O) groups is 1. The molecule has 1 aromatic carbocycles. The van der Waals surface area contributed by atoms with Crippen molar-refractivity contribution in [3.63, 3.8) is 0 Å². The summed E-state index contributed by atoms with van der Waals surface area (Å²) in [4.78, 5) is 13.5. The number of primary amides is 1. The fourth-order valence-electron chi connectivity index (χ4n) is 2.28. The Morgan fingerprint density at radius 3 is 2.82 bits per heavy atom. The van der Waals surface area contributed by atoms with Crippen LogP contribution in [-0.4, -0.2) is 29.0 Å². The second-order valence-electron chi connectivity index (χ2n) is 5.01. The number of para-hydroxylation sites is 1. The highest BCUT2D eigenvalue weighted by Gasteiger charge is 2.38. The van der Waals surface area contributed by atoms with Crippen molar-refractivity contribution in [1.82, 2.24) is 4.90 Å². The number of hydrogen-bond donors (Lipinski definition) is 2.